The molecule has 11 heteroatoms. The maximum atomic E-state index is 14.6. The second kappa shape index (κ2) is 21.4. The van der Waals surface area contributed by atoms with Gasteiger partial charge in [-0.15, -0.1) is 11.3 Å². The molecule has 0 spiro atoms. The number of hydrogen-bond donors (Lipinski definition) is 2. The number of likely N-dealkylation sites (N-methyl/N-ethyl adjacent to an activating group) is 1. The van der Waals surface area contributed by atoms with Crippen molar-refractivity contribution in [2.24, 2.45) is 17.8 Å². The van der Waals surface area contributed by atoms with Gasteiger partial charge in [0.25, 0.3) is 5.91 Å². The molecule has 2 aromatic rings. The molecule has 1 fully saturated rings. The lowest BCUT2D eigenvalue weighted by molar-refractivity contribution is -0.150. The Morgan fingerprint density at radius 1 is 1.06 bits per heavy atom. The number of hydrogen-bond acceptors (Lipinski definition) is 8. The van der Waals surface area contributed by atoms with Crippen molar-refractivity contribution in [2.45, 2.75) is 137 Å². The van der Waals surface area contributed by atoms with E-state index in [-0.39, 0.29) is 66.4 Å². The molecule has 7 atom stereocenters. The first-order chi connectivity index (χ1) is 24.4. The van der Waals surface area contributed by atoms with Gasteiger partial charge >= 0.3 is 0 Å². The van der Waals surface area contributed by atoms with Crippen LogP contribution in [-0.2, 0) is 32.0 Å². The van der Waals surface area contributed by atoms with Gasteiger partial charge in [-0.1, -0.05) is 84.7 Å². The molecule has 2 N–H and O–H groups in total. The molecule has 3 amide bonds. The van der Waals surface area contributed by atoms with Crippen molar-refractivity contribution in [3.8, 4) is 0 Å². The Balaban J connectivity index is 1.77. The third kappa shape index (κ3) is 13.1. The summed E-state index contributed by atoms with van der Waals surface area (Å²) in [5, 5.41) is 8.89. The molecule has 51 heavy (non-hydrogen) atoms. The third-order valence-electron chi connectivity index (χ3n) is 10.4. The van der Waals surface area contributed by atoms with Crippen molar-refractivity contribution in [3.05, 3.63) is 52.0 Å². The molecular formula is C40H63N5O5S. The average molecular weight is 726 g/mol. The van der Waals surface area contributed by atoms with Crippen molar-refractivity contribution < 1.29 is 23.9 Å². The van der Waals surface area contributed by atoms with Crippen molar-refractivity contribution in [2.75, 3.05) is 20.3 Å². The van der Waals surface area contributed by atoms with Gasteiger partial charge in [-0.3, -0.25) is 19.3 Å². The molecule has 0 aliphatic carbocycles. The number of thiazole rings is 1. The van der Waals surface area contributed by atoms with Gasteiger partial charge in [0.05, 0.1) is 17.2 Å². The minimum Gasteiger partial charge on any atom is -0.358 e. The van der Waals surface area contributed by atoms with Crippen LogP contribution < -0.4 is 10.6 Å². The number of nitrogens with one attached hydrogen (secondary N) is 2. The van der Waals surface area contributed by atoms with Crippen LogP contribution in [0.15, 0.2) is 35.7 Å². The monoisotopic (exact) mass is 725 g/mol. The lowest BCUT2D eigenvalue weighted by Crippen LogP contribution is -2.59. The topological polar surface area (TPSA) is 121 Å². The molecule has 2 heterocycles. The fraction of sp³-hybridized carbons (Fsp3) is 0.675. The minimum atomic E-state index is -0.666. The average Bonchev–Trinajstić information content (AvgIpc) is 3.60. The maximum Gasteiger partial charge on any atom is 0.270 e. The number of rotatable bonds is 21. The molecule has 1 aromatic carbocycles. The van der Waals surface area contributed by atoms with Crippen LogP contribution in [0.2, 0.25) is 0 Å². The standard InChI is InChI=1S/C40H63N5O5S/c1-9-29(6)37(43-39(48)35-18-14-15-21-44(35)8)40(49)45(26-50-30(7)10-2)34(27(3)4)19-20-36-42-33(25-51-36)38(47)41-32(22-28(5)24-46)23-31-16-12-11-13-17-31/h11-13,16-17,24-25,27-30,32,34-35,37H,9-10,14-15,18-23,26H2,1-8H3,(H,41,47)(H,43,48)/t28-,29?,30?,32+,34?,35?,37-/m0/s1. The van der Waals surface area contributed by atoms with Gasteiger partial charge in [0.1, 0.15) is 24.8 Å². The predicted octanol–water partition coefficient (Wildman–Crippen LogP) is 6.28. The number of aromatic nitrogens is 1. The van der Waals surface area contributed by atoms with Crippen molar-refractivity contribution in [1.29, 1.82) is 0 Å². The van der Waals surface area contributed by atoms with Crippen molar-refractivity contribution >= 4 is 35.3 Å². The van der Waals surface area contributed by atoms with Crippen molar-refractivity contribution in [1.82, 2.24) is 25.4 Å². The van der Waals surface area contributed by atoms with Gasteiger partial charge < -0.3 is 25.1 Å². The molecule has 1 aromatic heterocycles. The fourth-order valence-electron chi connectivity index (χ4n) is 6.67. The molecule has 10 nitrogen and oxygen atoms in total. The summed E-state index contributed by atoms with van der Waals surface area (Å²) >= 11 is 1.44. The first-order valence-corrected chi connectivity index (χ1v) is 19.9. The minimum absolute atomic E-state index is 0.0269. The van der Waals surface area contributed by atoms with Crippen LogP contribution in [0, 0.1) is 17.8 Å². The molecule has 1 aliphatic heterocycles. The van der Waals surface area contributed by atoms with E-state index in [1.54, 1.807) is 5.38 Å². The fourth-order valence-corrected chi connectivity index (χ4v) is 7.47. The normalized spacial score (nSPS) is 18.6. The number of likely N-dealkylation sites (tertiary alicyclic amines) is 1. The predicted molar refractivity (Wildman–Crippen MR) is 205 cm³/mol. The highest BCUT2D eigenvalue weighted by atomic mass is 32.1. The molecule has 1 saturated heterocycles. The van der Waals surface area contributed by atoms with E-state index >= 15 is 0 Å². The molecule has 3 rings (SSSR count). The van der Waals surface area contributed by atoms with Gasteiger partial charge in [-0.25, -0.2) is 4.98 Å². The summed E-state index contributed by atoms with van der Waals surface area (Å²) < 4.78 is 6.21. The van der Waals surface area contributed by atoms with E-state index in [0.717, 1.165) is 55.5 Å². The highest BCUT2D eigenvalue weighted by Gasteiger charge is 2.37. The zero-order valence-electron chi connectivity index (χ0n) is 32.2. The Labute approximate surface area is 310 Å². The molecule has 1 aliphatic rings. The Morgan fingerprint density at radius 3 is 2.41 bits per heavy atom. The number of aldehydes is 1. The number of nitrogens with zero attached hydrogens (tertiary/aromatic N) is 3. The maximum absolute atomic E-state index is 14.6. The third-order valence-corrected chi connectivity index (χ3v) is 11.3. The quantitative estimate of drug-likeness (QED) is 0.115. The Morgan fingerprint density at radius 2 is 1.78 bits per heavy atom. The van der Waals surface area contributed by atoms with Crippen LogP contribution >= 0.6 is 11.3 Å². The second-order valence-electron chi connectivity index (χ2n) is 14.9. The number of carbonyl (C=O) groups is 4. The SMILES string of the molecule is CCC(C)OCN(C(=O)[C@@H](NC(=O)C1CCCCN1C)C(C)CC)C(CCc1nc(C(=O)N[C@@H](Cc2ccccc2)C[C@H](C)C=O)cs1)C(C)C. The van der Waals surface area contributed by atoms with E-state index in [1.165, 1.54) is 11.3 Å². The largest absolute Gasteiger partial charge is 0.358 e. The van der Waals surface area contributed by atoms with E-state index in [2.05, 4.69) is 36.3 Å². The van der Waals surface area contributed by atoms with Crippen LogP contribution in [0.5, 0.6) is 0 Å². The first-order valence-electron chi connectivity index (χ1n) is 19.0. The van der Waals surface area contributed by atoms with Crippen LogP contribution in [0.4, 0.5) is 0 Å². The number of aryl methyl sites for hydroxylation is 1. The van der Waals surface area contributed by atoms with Crippen molar-refractivity contribution in [3.63, 3.8) is 0 Å². The molecule has 0 bridgehead atoms. The summed E-state index contributed by atoms with van der Waals surface area (Å²) in [7, 11) is 1.98. The van der Waals surface area contributed by atoms with Crippen LogP contribution in [0.1, 0.15) is 114 Å². The van der Waals surface area contributed by atoms with E-state index in [1.807, 2.05) is 70.0 Å². The molecule has 4 unspecified atom stereocenters. The van der Waals surface area contributed by atoms with E-state index in [4.69, 9.17) is 9.72 Å². The summed E-state index contributed by atoms with van der Waals surface area (Å²) in [5.41, 5.74) is 1.45. The Bertz CT molecular complexity index is 1370. The van der Waals surface area contributed by atoms with Gasteiger partial charge in [0.15, 0.2) is 0 Å². The van der Waals surface area contributed by atoms with E-state index in [9.17, 15) is 19.2 Å². The number of amides is 3. The zero-order valence-corrected chi connectivity index (χ0v) is 33.0. The highest BCUT2D eigenvalue weighted by Crippen LogP contribution is 2.24. The lowest BCUT2D eigenvalue weighted by Gasteiger charge is -2.39. The molecule has 0 radical (unpaired) electrons. The van der Waals surface area contributed by atoms with Gasteiger partial charge in [0.2, 0.25) is 11.8 Å². The Kier molecular flexibility index (Phi) is 17.7. The van der Waals surface area contributed by atoms with E-state index in [0.29, 0.717) is 31.4 Å². The number of piperidine rings is 1. The summed E-state index contributed by atoms with van der Waals surface area (Å²) in [6.45, 7) is 15.2. The first kappa shape index (κ1) is 42.3. The van der Waals surface area contributed by atoms with Gasteiger partial charge in [-0.2, -0.15) is 0 Å². The number of carbonyl (C=O) groups excluding carboxylic acids is 4. The smallest absolute Gasteiger partial charge is 0.270 e. The highest BCUT2D eigenvalue weighted by molar-refractivity contribution is 7.09. The summed E-state index contributed by atoms with van der Waals surface area (Å²) in [4.78, 5) is 61.6. The second-order valence-corrected chi connectivity index (χ2v) is 15.8. The molecule has 0 saturated carbocycles. The number of benzene rings is 1. The summed E-state index contributed by atoms with van der Waals surface area (Å²) in [5.74, 6) is -0.601. The molecule has 284 valence electrons. The zero-order chi connectivity index (χ0) is 37.5. The van der Waals surface area contributed by atoms with Crippen LogP contribution in [0.25, 0.3) is 0 Å². The lowest BCUT2D eigenvalue weighted by atomic mass is 9.93. The summed E-state index contributed by atoms with van der Waals surface area (Å²) in [6, 6.07) is 8.65. The van der Waals surface area contributed by atoms with Crippen LogP contribution in [-0.4, -0.2) is 89.4 Å². The number of ether oxygens (including phenoxy) is 1. The Hall–Kier alpha value is -3.15. The van der Waals surface area contributed by atoms with Crippen LogP contribution in [0.3, 0.4) is 0 Å². The van der Waals surface area contributed by atoms with Gasteiger partial charge in [-0.05, 0) is 76.4 Å². The molecular weight excluding hydrogens is 663 g/mol. The van der Waals surface area contributed by atoms with E-state index < -0.39 is 6.04 Å². The van der Waals surface area contributed by atoms with Gasteiger partial charge in [0, 0.05) is 29.8 Å². The summed E-state index contributed by atoms with van der Waals surface area (Å²) in [6.07, 6.45) is 7.69.